The minimum atomic E-state index is -0.577. The monoisotopic (exact) mass is 807 g/mol. The number of fused-ring (bicyclic) bond motifs is 3. The van der Waals surface area contributed by atoms with Crippen LogP contribution in [0.4, 0.5) is 17.2 Å². The van der Waals surface area contributed by atoms with E-state index in [0.29, 0.717) is 62.0 Å². The molecular formula is C42H49N9O8. The third-order valence-corrected chi connectivity index (χ3v) is 12.4. The zero-order valence-corrected chi connectivity index (χ0v) is 33.6. The van der Waals surface area contributed by atoms with Gasteiger partial charge in [-0.3, -0.25) is 29.4 Å². The zero-order valence-electron chi connectivity index (χ0n) is 33.6. The summed E-state index contributed by atoms with van der Waals surface area (Å²) in [5.41, 5.74) is 2.47. The summed E-state index contributed by atoms with van der Waals surface area (Å²) in [5, 5.41) is 20.0. The zero-order chi connectivity index (χ0) is 41.3. The van der Waals surface area contributed by atoms with Gasteiger partial charge in [0.1, 0.15) is 17.8 Å². The largest absolute Gasteiger partial charge is 0.493 e. The van der Waals surface area contributed by atoms with Crippen LogP contribution >= 0.6 is 0 Å². The van der Waals surface area contributed by atoms with E-state index in [4.69, 9.17) is 14.2 Å². The molecule has 1 amide bonds. The van der Waals surface area contributed by atoms with Gasteiger partial charge in [0.05, 0.1) is 49.4 Å². The number of para-hydroxylation sites is 1. The first-order valence-electron chi connectivity index (χ1n) is 20.3. The van der Waals surface area contributed by atoms with Crippen molar-refractivity contribution in [1.82, 2.24) is 29.5 Å². The molecule has 1 N–H and O–H groups in total. The van der Waals surface area contributed by atoms with E-state index < -0.39 is 15.8 Å². The number of piperazine rings is 1. The van der Waals surface area contributed by atoms with E-state index in [1.807, 2.05) is 4.90 Å². The number of methoxy groups -OCH3 is 2. The van der Waals surface area contributed by atoms with Gasteiger partial charge >= 0.3 is 0 Å². The van der Waals surface area contributed by atoms with Gasteiger partial charge in [0.2, 0.25) is 5.91 Å². The molecule has 1 saturated heterocycles. The van der Waals surface area contributed by atoms with E-state index >= 15 is 0 Å². The molecule has 59 heavy (non-hydrogen) atoms. The van der Waals surface area contributed by atoms with Crippen LogP contribution in [-0.4, -0.2) is 107 Å². The summed E-state index contributed by atoms with van der Waals surface area (Å²) in [4.78, 5) is 65.3. The van der Waals surface area contributed by atoms with Gasteiger partial charge in [-0.1, -0.05) is 18.2 Å². The molecule has 1 saturated carbocycles. The lowest BCUT2D eigenvalue weighted by Crippen LogP contribution is -2.55. The molecule has 2 fully saturated rings. The van der Waals surface area contributed by atoms with Crippen molar-refractivity contribution in [2.45, 2.75) is 57.5 Å². The Morgan fingerprint density at radius 1 is 1.00 bits per heavy atom. The Balaban J connectivity index is 0.929. The number of aromatic nitrogens is 4. The van der Waals surface area contributed by atoms with E-state index in [2.05, 4.69) is 42.3 Å². The SMILES string of the molecule is CCOc1c(NCCCN2CCc3cc(OC)c(OC)cc3[C@]23CC[C@H](C(=O)N2CCN(c4ncnc5c4cnn5Cc4ccccc4[N+](=O)[O-])CC2)CC3)c(=O)c1=O. The second-order valence-electron chi connectivity index (χ2n) is 15.4. The minimum Gasteiger partial charge on any atom is -0.493 e. The lowest BCUT2D eigenvalue weighted by atomic mass is 9.68. The van der Waals surface area contributed by atoms with Gasteiger partial charge in [0.25, 0.3) is 16.5 Å². The lowest BCUT2D eigenvalue weighted by Gasteiger charge is -2.52. The first kappa shape index (κ1) is 39.7. The average Bonchev–Trinajstić information content (AvgIpc) is 3.68. The molecule has 0 radical (unpaired) electrons. The van der Waals surface area contributed by atoms with Crippen LogP contribution in [0.5, 0.6) is 17.2 Å². The van der Waals surface area contributed by atoms with Gasteiger partial charge in [-0.2, -0.15) is 5.10 Å². The molecule has 2 aliphatic heterocycles. The molecule has 3 aromatic carbocycles. The van der Waals surface area contributed by atoms with Crippen molar-refractivity contribution >= 4 is 34.1 Å². The van der Waals surface area contributed by atoms with E-state index in [1.54, 1.807) is 50.2 Å². The number of benzene rings is 2. The first-order chi connectivity index (χ1) is 28.7. The van der Waals surface area contributed by atoms with Crippen LogP contribution in [0.3, 0.4) is 0 Å². The molecule has 0 unspecified atom stereocenters. The summed E-state index contributed by atoms with van der Waals surface area (Å²) in [6, 6.07) is 10.8. The van der Waals surface area contributed by atoms with E-state index in [9.17, 15) is 24.5 Å². The van der Waals surface area contributed by atoms with Crippen molar-refractivity contribution in [1.29, 1.82) is 0 Å². The molecule has 0 bridgehead atoms. The Kier molecular flexibility index (Phi) is 11.2. The Hall–Kier alpha value is -6.10. The average molecular weight is 808 g/mol. The molecule has 1 aliphatic carbocycles. The van der Waals surface area contributed by atoms with Crippen LogP contribution in [0, 0.1) is 16.0 Å². The number of carbonyl (C=O) groups excluding carboxylic acids is 1. The van der Waals surface area contributed by atoms with Crippen LogP contribution < -0.4 is 35.3 Å². The summed E-state index contributed by atoms with van der Waals surface area (Å²) < 4.78 is 18.5. The summed E-state index contributed by atoms with van der Waals surface area (Å²) >= 11 is 0. The predicted molar refractivity (Wildman–Crippen MR) is 220 cm³/mol. The van der Waals surface area contributed by atoms with Crippen LogP contribution in [-0.2, 0) is 23.3 Å². The van der Waals surface area contributed by atoms with Gasteiger partial charge in [0.15, 0.2) is 22.9 Å². The number of anilines is 2. The van der Waals surface area contributed by atoms with Gasteiger partial charge < -0.3 is 29.3 Å². The fraction of sp³-hybridized carbons (Fsp3) is 0.476. The summed E-state index contributed by atoms with van der Waals surface area (Å²) in [5.74, 6) is 2.33. The number of nitro benzene ring substituents is 1. The number of carbonyl (C=O) groups is 1. The third kappa shape index (κ3) is 7.32. The standard InChI is InChI=1S/C42H49N9O8/c1-4-59-38-35(36(52)37(38)53)43-15-7-16-49-17-12-28-22-33(57-2)34(58-3)23-31(28)42(49)13-10-27(11-14-42)41(54)48-20-18-47(19-21-48)39-30-24-46-50(40(30)45-26-44-39)25-29-8-5-6-9-32(29)51(55)56/h5-6,8-9,22-24,26-27,43H,4,7,10-21,25H2,1-3H3/t27-,42+. The van der Waals surface area contributed by atoms with Crippen molar-refractivity contribution in [3.05, 3.63) is 96.2 Å². The number of hydrogen-bond donors (Lipinski definition) is 1. The molecule has 3 aliphatic rings. The van der Waals surface area contributed by atoms with Crippen LogP contribution in [0.2, 0.25) is 0 Å². The van der Waals surface area contributed by atoms with Crippen molar-refractivity contribution in [2.24, 2.45) is 5.92 Å². The topological polar surface area (TPSA) is 187 Å². The van der Waals surface area contributed by atoms with E-state index in [1.165, 1.54) is 23.5 Å². The van der Waals surface area contributed by atoms with Crippen molar-refractivity contribution in [3.8, 4) is 17.2 Å². The van der Waals surface area contributed by atoms with Gasteiger partial charge in [-0.25, -0.2) is 14.6 Å². The van der Waals surface area contributed by atoms with Crippen LogP contribution in [0.25, 0.3) is 11.0 Å². The minimum absolute atomic E-state index is 0.0310. The number of hydrogen-bond acceptors (Lipinski definition) is 14. The summed E-state index contributed by atoms with van der Waals surface area (Å²) in [7, 11) is 3.30. The predicted octanol–water partition coefficient (Wildman–Crippen LogP) is 3.89. The molecule has 17 nitrogen and oxygen atoms in total. The lowest BCUT2D eigenvalue weighted by molar-refractivity contribution is -0.385. The van der Waals surface area contributed by atoms with Gasteiger partial charge in [-0.05, 0) is 68.7 Å². The molecule has 8 rings (SSSR count). The normalized spacial score (nSPS) is 19.5. The number of amides is 1. The number of nitro groups is 1. The highest BCUT2D eigenvalue weighted by Crippen LogP contribution is 2.50. The van der Waals surface area contributed by atoms with Gasteiger partial charge in [0, 0.05) is 63.3 Å². The molecule has 5 aromatic rings. The maximum absolute atomic E-state index is 14.2. The van der Waals surface area contributed by atoms with Crippen molar-refractivity contribution in [3.63, 3.8) is 0 Å². The Morgan fingerprint density at radius 2 is 1.75 bits per heavy atom. The van der Waals surface area contributed by atoms with Gasteiger partial charge in [-0.15, -0.1) is 0 Å². The number of rotatable bonds is 14. The Bertz CT molecular complexity index is 2430. The smallest absolute Gasteiger partial charge is 0.274 e. The highest BCUT2D eigenvalue weighted by atomic mass is 16.6. The van der Waals surface area contributed by atoms with E-state index in [-0.39, 0.29) is 41.0 Å². The number of nitrogens with one attached hydrogen (secondary N) is 1. The highest BCUT2D eigenvalue weighted by molar-refractivity contribution is 5.87. The molecule has 17 heteroatoms. The highest BCUT2D eigenvalue weighted by Gasteiger charge is 2.47. The summed E-state index contributed by atoms with van der Waals surface area (Å²) in [6.07, 6.45) is 7.89. The Morgan fingerprint density at radius 3 is 2.47 bits per heavy atom. The molecule has 2 aromatic heterocycles. The summed E-state index contributed by atoms with van der Waals surface area (Å²) in [6.45, 7) is 6.75. The van der Waals surface area contributed by atoms with Crippen LogP contribution in [0.15, 0.2) is 58.5 Å². The van der Waals surface area contributed by atoms with E-state index in [0.717, 1.165) is 62.8 Å². The fourth-order valence-electron chi connectivity index (χ4n) is 9.38. The van der Waals surface area contributed by atoms with Crippen molar-refractivity contribution < 1.29 is 23.9 Å². The maximum atomic E-state index is 14.2. The first-order valence-corrected chi connectivity index (χ1v) is 20.3. The fourth-order valence-corrected chi connectivity index (χ4v) is 9.38. The second kappa shape index (κ2) is 16.6. The molecule has 1 spiro atoms. The maximum Gasteiger partial charge on any atom is 0.274 e. The van der Waals surface area contributed by atoms with Crippen LogP contribution in [0.1, 0.15) is 55.7 Å². The third-order valence-electron chi connectivity index (χ3n) is 12.4. The van der Waals surface area contributed by atoms with Crippen molar-refractivity contribution in [2.75, 3.05) is 76.9 Å². The number of nitrogens with zero attached hydrogens (tertiary/aromatic N) is 8. The quantitative estimate of drug-likeness (QED) is 0.0737. The Labute approximate surface area is 340 Å². The number of ether oxygens (including phenoxy) is 3. The molecule has 310 valence electrons. The second-order valence-corrected chi connectivity index (χ2v) is 15.4. The molecule has 4 heterocycles. The molecular weight excluding hydrogens is 759 g/mol. The molecule has 0 atom stereocenters.